The summed E-state index contributed by atoms with van der Waals surface area (Å²) in [7, 11) is 1.39. The van der Waals surface area contributed by atoms with E-state index >= 15 is 0 Å². The molecule has 0 aliphatic heterocycles. The number of methoxy groups -OCH3 is 1. The number of hydrogen-bond donors (Lipinski definition) is 0. The lowest BCUT2D eigenvalue weighted by molar-refractivity contribution is -0.134. The van der Waals surface area contributed by atoms with Gasteiger partial charge in [0.05, 0.1) is 7.11 Å². The fourth-order valence-electron chi connectivity index (χ4n) is 1.52. The molecule has 0 amide bonds. The third kappa shape index (κ3) is 3.23. The standard InChI is InChI=1S/C14H18O2/c1-10(2)13(9-14(15)16-4)12-7-5-11(3)6-8-12/h5-10H,1-4H3. The van der Waals surface area contributed by atoms with E-state index in [-0.39, 0.29) is 5.97 Å². The average molecular weight is 218 g/mol. The van der Waals surface area contributed by atoms with Crippen molar-refractivity contribution in [1.82, 2.24) is 0 Å². The Kier molecular flexibility index (Phi) is 4.29. The molecule has 0 aliphatic carbocycles. The molecule has 0 bridgehead atoms. The Balaban J connectivity index is 3.08. The van der Waals surface area contributed by atoms with Gasteiger partial charge < -0.3 is 4.74 Å². The number of carbonyl (C=O) groups is 1. The second kappa shape index (κ2) is 5.50. The Morgan fingerprint density at radius 2 is 1.81 bits per heavy atom. The number of benzene rings is 1. The van der Waals surface area contributed by atoms with Crippen LogP contribution in [0.4, 0.5) is 0 Å². The molecule has 1 rings (SSSR count). The summed E-state index contributed by atoms with van der Waals surface area (Å²) in [5, 5.41) is 0. The second-order valence-corrected chi connectivity index (χ2v) is 4.14. The van der Waals surface area contributed by atoms with Crippen LogP contribution < -0.4 is 0 Å². The molecular formula is C14H18O2. The molecule has 0 aliphatic rings. The van der Waals surface area contributed by atoms with Gasteiger partial charge in [-0.1, -0.05) is 43.7 Å². The lowest BCUT2D eigenvalue weighted by atomic mass is 9.94. The van der Waals surface area contributed by atoms with Crippen LogP contribution in [0.1, 0.15) is 25.0 Å². The predicted octanol–water partition coefficient (Wildman–Crippen LogP) is 3.21. The van der Waals surface area contributed by atoms with Gasteiger partial charge in [0.1, 0.15) is 0 Å². The maximum atomic E-state index is 11.3. The van der Waals surface area contributed by atoms with E-state index in [2.05, 4.69) is 18.6 Å². The summed E-state index contributed by atoms with van der Waals surface area (Å²) in [6.45, 7) is 6.17. The highest BCUT2D eigenvalue weighted by Crippen LogP contribution is 2.23. The molecule has 1 aromatic rings. The summed E-state index contributed by atoms with van der Waals surface area (Å²) >= 11 is 0. The van der Waals surface area contributed by atoms with Gasteiger partial charge in [-0.25, -0.2) is 4.79 Å². The number of hydrogen-bond acceptors (Lipinski definition) is 2. The molecule has 2 heteroatoms. The second-order valence-electron chi connectivity index (χ2n) is 4.14. The van der Waals surface area contributed by atoms with Crippen molar-refractivity contribution in [3.05, 3.63) is 41.5 Å². The predicted molar refractivity (Wildman–Crippen MR) is 66.0 cm³/mol. The quantitative estimate of drug-likeness (QED) is 0.575. The van der Waals surface area contributed by atoms with Crippen molar-refractivity contribution >= 4 is 11.5 Å². The van der Waals surface area contributed by atoms with Crippen LogP contribution in [0.2, 0.25) is 0 Å². The Morgan fingerprint density at radius 3 is 2.25 bits per heavy atom. The SMILES string of the molecule is COC(=O)C=C(c1ccc(C)cc1)C(C)C. The van der Waals surface area contributed by atoms with Gasteiger partial charge in [0, 0.05) is 6.08 Å². The molecule has 0 aromatic heterocycles. The lowest BCUT2D eigenvalue weighted by Gasteiger charge is -2.11. The molecule has 0 saturated heterocycles. The third-order valence-electron chi connectivity index (χ3n) is 2.48. The molecule has 0 N–H and O–H groups in total. The molecule has 0 atom stereocenters. The van der Waals surface area contributed by atoms with Gasteiger partial charge in [-0.2, -0.15) is 0 Å². The Morgan fingerprint density at radius 1 is 1.25 bits per heavy atom. The van der Waals surface area contributed by atoms with Crippen LogP contribution >= 0.6 is 0 Å². The van der Waals surface area contributed by atoms with Gasteiger partial charge in [-0.15, -0.1) is 0 Å². The highest BCUT2D eigenvalue weighted by atomic mass is 16.5. The van der Waals surface area contributed by atoms with Gasteiger partial charge in [0.25, 0.3) is 0 Å². The lowest BCUT2D eigenvalue weighted by Crippen LogP contribution is -2.01. The summed E-state index contributed by atoms with van der Waals surface area (Å²) in [5.74, 6) is -0.00826. The number of ether oxygens (including phenoxy) is 1. The third-order valence-corrected chi connectivity index (χ3v) is 2.48. The summed E-state index contributed by atoms with van der Waals surface area (Å²) in [4.78, 5) is 11.3. The van der Waals surface area contributed by atoms with E-state index in [1.165, 1.54) is 12.7 Å². The van der Waals surface area contributed by atoms with Crippen LogP contribution in [0.3, 0.4) is 0 Å². The van der Waals surface area contributed by atoms with Crippen LogP contribution in [0.25, 0.3) is 5.57 Å². The van der Waals surface area contributed by atoms with Crippen molar-refractivity contribution in [1.29, 1.82) is 0 Å². The number of carbonyl (C=O) groups excluding carboxylic acids is 1. The van der Waals surface area contributed by atoms with E-state index in [4.69, 9.17) is 0 Å². The molecule has 16 heavy (non-hydrogen) atoms. The van der Waals surface area contributed by atoms with Crippen molar-refractivity contribution < 1.29 is 9.53 Å². The minimum atomic E-state index is -0.302. The van der Waals surface area contributed by atoms with Crippen LogP contribution in [0, 0.1) is 12.8 Å². The topological polar surface area (TPSA) is 26.3 Å². The zero-order valence-corrected chi connectivity index (χ0v) is 10.3. The maximum Gasteiger partial charge on any atom is 0.330 e. The van der Waals surface area contributed by atoms with Gasteiger partial charge in [-0.3, -0.25) is 0 Å². The number of allylic oxidation sites excluding steroid dienone is 1. The van der Waals surface area contributed by atoms with E-state index in [0.29, 0.717) is 5.92 Å². The summed E-state index contributed by atoms with van der Waals surface area (Å²) in [6.07, 6.45) is 1.56. The number of esters is 1. The molecule has 0 saturated carbocycles. The van der Waals surface area contributed by atoms with Crippen molar-refractivity contribution in [2.45, 2.75) is 20.8 Å². The summed E-state index contributed by atoms with van der Waals surface area (Å²) < 4.78 is 4.66. The fraction of sp³-hybridized carbons (Fsp3) is 0.357. The van der Waals surface area contributed by atoms with Gasteiger partial charge in [0.2, 0.25) is 0 Å². The summed E-state index contributed by atoms with van der Waals surface area (Å²) in [6, 6.07) is 8.15. The minimum absolute atomic E-state index is 0.293. The van der Waals surface area contributed by atoms with E-state index in [0.717, 1.165) is 11.1 Å². The first kappa shape index (κ1) is 12.5. The first-order valence-corrected chi connectivity index (χ1v) is 5.41. The molecular weight excluding hydrogens is 200 g/mol. The zero-order valence-electron chi connectivity index (χ0n) is 10.3. The molecule has 0 spiro atoms. The normalized spacial score (nSPS) is 11.7. The minimum Gasteiger partial charge on any atom is -0.466 e. The van der Waals surface area contributed by atoms with Crippen molar-refractivity contribution in [3.8, 4) is 0 Å². The average Bonchev–Trinajstić information content (AvgIpc) is 2.26. The Hall–Kier alpha value is -1.57. The first-order chi connectivity index (χ1) is 7.54. The number of aryl methyl sites for hydroxylation is 1. The van der Waals surface area contributed by atoms with E-state index in [1.807, 2.05) is 31.2 Å². The Labute approximate surface area is 96.9 Å². The van der Waals surface area contributed by atoms with Crippen LogP contribution in [-0.4, -0.2) is 13.1 Å². The highest BCUT2D eigenvalue weighted by Gasteiger charge is 2.08. The van der Waals surface area contributed by atoms with E-state index < -0.39 is 0 Å². The van der Waals surface area contributed by atoms with Crippen molar-refractivity contribution in [2.24, 2.45) is 5.92 Å². The molecule has 2 nitrogen and oxygen atoms in total. The van der Waals surface area contributed by atoms with Crippen LogP contribution in [0.5, 0.6) is 0 Å². The monoisotopic (exact) mass is 218 g/mol. The van der Waals surface area contributed by atoms with Crippen LogP contribution in [-0.2, 0) is 9.53 Å². The number of rotatable bonds is 3. The van der Waals surface area contributed by atoms with Gasteiger partial charge in [0.15, 0.2) is 0 Å². The smallest absolute Gasteiger partial charge is 0.330 e. The molecule has 1 aromatic carbocycles. The van der Waals surface area contributed by atoms with E-state index in [1.54, 1.807) is 6.08 Å². The maximum absolute atomic E-state index is 11.3. The summed E-state index contributed by atoms with van der Waals surface area (Å²) in [5.41, 5.74) is 3.29. The Bertz CT molecular complexity index is 386. The van der Waals surface area contributed by atoms with Gasteiger partial charge >= 0.3 is 5.97 Å². The molecule has 0 heterocycles. The molecule has 86 valence electrons. The van der Waals surface area contributed by atoms with Crippen LogP contribution in [0.15, 0.2) is 30.3 Å². The molecule has 0 fully saturated rings. The van der Waals surface area contributed by atoms with Crippen molar-refractivity contribution in [2.75, 3.05) is 7.11 Å². The first-order valence-electron chi connectivity index (χ1n) is 5.41. The van der Waals surface area contributed by atoms with Crippen molar-refractivity contribution in [3.63, 3.8) is 0 Å². The zero-order chi connectivity index (χ0) is 12.1. The largest absolute Gasteiger partial charge is 0.466 e. The van der Waals surface area contributed by atoms with E-state index in [9.17, 15) is 4.79 Å². The molecule has 0 unspecified atom stereocenters. The molecule has 0 radical (unpaired) electrons. The highest BCUT2D eigenvalue weighted by molar-refractivity contribution is 5.91. The van der Waals surface area contributed by atoms with Gasteiger partial charge in [-0.05, 0) is 24.0 Å². The fourth-order valence-corrected chi connectivity index (χ4v) is 1.52.